The third-order valence-corrected chi connectivity index (χ3v) is 15.4. The molecular weight excluding hydrogens is 825 g/mol. The number of nitrogens with zero attached hydrogens (tertiary/aromatic N) is 2. The number of aliphatic carboxylic acids is 2. The van der Waals surface area contributed by atoms with Gasteiger partial charge in [0.05, 0.1) is 52.4 Å². The average molecular weight is 952 g/mol. The molecule has 0 aromatic carbocycles. The molecule has 0 spiro atoms. The summed E-state index contributed by atoms with van der Waals surface area (Å²) in [4.78, 5) is 19.3. The maximum Gasteiger partial charge on any atom is 0.0786 e. The lowest BCUT2D eigenvalue weighted by Crippen LogP contribution is -2.49. The lowest BCUT2D eigenvalue weighted by atomic mass is 10.1. The van der Waals surface area contributed by atoms with Crippen molar-refractivity contribution < 1.29 is 28.8 Å². The van der Waals surface area contributed by atoms with Gasteiger partial charge in [0.2, 0.25) is 0 Å². The van der Waals surface area contributed by atoms with Crippen LogP contribution in [0.2, 0.25) is 0 Å². The molecule has 0 aromatic rings. The van der Waals surface area contributed by atoms with Crippen LogP contribution >= 0.6 is 0 Å². The van der Waals surface area contributed by atoms with E-state index in [9.17, 15) is 19.8 Å². The number of hydrogen-bond acceptors (Lipinski definition) is 4. The molecule has 0 N–H and O–H groups in total. The summed E-state index contributed by atoms with van der Waals surface area (Å²) in [5, 5.41) is 19.3. The molecule has 0 unspecified atom stereocenters. The number of quaternary nitrogens is 2. The predicted octanol–water partition coefficient (Wildman–Crippen LogP) is 17.0. The van der Waals surface area contributed by atoms with E-state index in [1.165, 1.54) is 318 Å². The van der Waals surface area contributed by atoms with Crippen LogP contribution in [0.25, 0.3) is 0 Å². The molecule has 0 aliphatic heterocycles. The van der Waals surface area contributed by atoms with Gasteiger partial charge in [-0.15, -0.1) is 0 Å². The monoisotopic (exact) mass is 951 g/mol. The molecule has 0 rings (SSSR count). The van der Waals surface area contributed by atoms with Crippen LogP contribution in [0.15, 0.2) is 0 Å². The van der Waals surface area contributed by atoms with E-state index in [0.717, 1.165) is 0 Å². The number of carbonyl (C=O) groups is 2. The fourth-order valence-electron chi connectivity index (χ4n) is 10.1. The second kappa shape index (κ2) is 57.4. The highest BCUT2D eigenvalue weighted by atomic mass is 16.4. The van der Waals surface area contributed by atoms with E-state index in [0.29, 0.717) is 0 Å². The van der Waals surface area contributed by atoms with Crippen LogP contribution in [0.1, 0.15) is 331 Å². The Morgan fingerprint density at radius 3 is 0.522 bits per heavy atom. The smallest absolute Gasteiger partial charge is 0.0786 e. The summed E-state index contributed by atoms with van der Waals surface area (Å²) in [6, 6.07) is 0. The van der Waals surface area contributed by atoms with Crippen LogP contribution in [0.4, 0.5) is 0 Å². The Balaban J connectivity index is -0.00000103. The van der Waals surface area contributed by atoms with Gasteiger partial charge in [-0.3, -0.25) is 0 Å². The van der Waals surface area contributed by atoms with E-state index < -0.39 is 11.9 Å². The van der Waals surface area contributed by atoms with Crippen molar-refractivity contribution in [3.63, 3.8) is 0 Å². The normalized spacial score (nSPS) is 11.6. The van der Waals surface area contributed by atoms with Gasteiger partial charge < -0.3 is 28.8 Å². The second-order valence-electron chi connectivity index (χ2n) is 21.2. The van der Waals surface area contributed by atoms with Crippen molar-refractivity contribution >= 4 is 11.9 Å². The molecule has 0 heterocycles. The SMILES string of the molecule is CCCCCCCCCCCC[N+](CC)(CC)CCCCCCCCCCCC.CCCCCCCCCCCC[N+](CC)(CC)CCCCCCCCCCCC.O=C([O-])CCCC(=O)[O-]. The molecule has 0 fully saturated rings. The van der Waals surface area contributed by atoms with Gasteiger partial charge in [-0.1, -0.05) is 233 Å². The van der Waals surface area contributed by atoms with Crippen molar-refractivity contribution in [3.8, 4) is 0 Å². The van der Waals surface area contributed by atoms with Crippen LogP contribution in [-0.2, 0) is 9.59 Å². The molecule has 6 heteroatoms. The molecule has 0 aromatic heterocycles. The second-order valence-corrected chi connectivity index (χ2v) is 21.2. The topological polar surface area (TPSA) is 80.3 Å². The Morgan fingerprint density at radius 2 is 0.388 bits per heavy atom. The maximum absolute atomic E-state index is 9.66. The number of rotatable bonds is 52. The number of hydrogen-bond donors (Lipinski definition) is 0. The van der Waals surface area contributed by atoms with Gasteiger partial charge in [0.15, 0.2) is 0 Å². The number of carboxylic acid groups (broad SMARTS) is 2. The van der Waals surface area contributed by atoms with E-state index in [-0.39, 0.29) is 19.3 Å². The zero-order valence-corrected chi connectivity index (χ0v) is 47.6. The van der Waals surface area contributed by atoms with E-state index in [1.807, 2.05) is 0 Å². The minimum atomic E-state index is -1.23. The summed E-state index contributed by atoms with van der Waals surface area (Å²) < 4.78 is 2.77. The Bertz CT molecular complexity index is 823. The lowest BCUT2D eigenvalue weighted by Gasteiger charge is -2.37. The minimum Gasteiger partial charge on any atom is -0.550 e. The van der Waals surface area contributed by atoms with Crippen molar-refractivity contribution in [2.45, 2.75) is 331 Å². The van der Waals surface area contributed by atoms with Crippen molar-refractivity contribution in [3.05, 3.63) is 0 Å². The summed E-state index contributed by atoms with van der Waals surface area (Å²) in [7, 11) is 0. The van der Waals surface area contributed by atoms with Crippen LogP contribution < -0.4 is 10.2 Å². The molecule has 6 nitrogen and oxygen atoms in total. The van der Waals surface area contributed by atoms with Crippen molar-refractivity contribution in [1.82, 2.24) is 0 Å². The van der Waals surface area contributed by atoms with Gasteiger partial charge in [0.25, 0.3) is 0 Å². The summed E-state index contributed by atoms with van der Waals surface area (Å²) in [5.41, 5.74) is 0. The van der Waals surface area contributed by atoms with E-state index >= 15 is 0 Å². The summed E-state index contributed by atoms with van der Waals surface area (Å²) in [5.74, 6) is -2.45. The zero-order valence-electron chi connectivity index (χ0n) is 47.6. The molecule has 0 atom stereocenters. The van der Waals surface area contributed by atoms with Gasteiger partial charge in [-0.2, -0.15) is 0 Å². The fraction of sp³-hybridized carbons (Fsp3) is 0.967. The quantitative estimate of drug-likeness (QED) is 0.0449. The van der Waals surface area contributed by atoms with E-state index in [4.69, 9.17) is 0 Å². The molecular formula is C61H126N2O4. The van der Waals surface area contributed by atoms with Crippen molar-refractivity contribution in [1.29, 1.82) is 0 Å². The van der Waals surface area contributed by atoms with Gasteiger partial charge in [-0.25, -0.2) is 0 Å². The molecule has 404 valence electrons. The Labute approximate surface area is 422 Å². The van der Waals surface area contributed by atoms with E-state index in [1.54, 1.807) is 0 Å². The van der Waals surface area contributed by atoms with Crippen LogP contribution in [0.3, 0.4) is 0 Å². The first-order chi connectivity index (χ1) is 32.6. The Morgan fingerprint density at radius 1 is 0.239 bits per heavy atom. The zero-order chi connectivity index (χ0) is 50.2. The Kier molecular flexibility index (Phi) is 60.1. The van der Waals surface area contributed by atoms with Crippen molar-refractivity contribution in [2.24, 2.45) is 0 Å². The molecule has 0 aliphatic carbocycles. The van der Waals surface area contributed by atoms with Crippen LogP contribution in [-0.4, -0.2) is 73.3 Å². The molecule has 0 amide bonds. The predicted molar refractivity (Wildman–Crippen MR) is 293 cm³/mol. The molecule has 0 bridgehead atoms. The molecule has 67 heavy (non-hydrogen) atoms. The lowest BCUT2D eigenvalue weighted by molar-refractivity contribution is -0.925. The first-order valence-corrected chi connectivity index (χ1v) is 30.7. The highest BCUT2D eigenvalue weighted by Gasteiger charge is 2.23. The summed E-state index contributed by atoms with van der Waals surface area (Å²) >= 11 is 0. The number of unbranched alkanes of at least 4 members (excludes halogenated alkanes) is 36. The van der Waals surface area contributed by atoms with Crippen molar-refractivity contribution in [2.75, 3.05) is 52.4 Å². The van der Waals surface area contributed by atoms with Gasteiger partial charge >= 0.3 is 0 Å². The minimum absolute atomic E-state index is 0.0880. The first kappa shape index (κ1) is 70.1. The van der Waals surface area contributed by atoms with Gasteiger partial charge in [-0.05, 0) is 98.3 Å². The van der Waals surface area contributed by atoms with Gasteiger partial charge in [0, 0.05) is 11.9 Å². The van der Waals surface area contributed by atoms with E-state index in [2.05, 4.69) is 55.4 Å². The maximum atomic E-state index is 9.66. The molecule has 0 saturated carbocycles. The molecule has 0 aliphatic rings. The first-order valence-electron chi connectivity index (χ1n) is 30.7. The third-order valence-electron chi connectivity index (χ3n) is 15.4. The Hall–Kier alpha value is -1.14. The largest absolute Gasteiger partial charge is 0.550 e. The number of carbonyl (C=O) groups excluding carboxylic acids is 2. The van der Waals surface area contributed by atoms with Gasteiger partial charge in [0.1, 0.15) is 0 Å². The molecule has 0 saturated heterocycles. The highest BCUT2D eigenvalue weighted by molar-refractivity contribution is 5.67. The van der Waals surface area contributed by atoms with Crippen LogP contribution in [0.5, 0.6) is 0 Å². The highest BCUT2D eigenvalue weighted by Crippen LogP contribution is 2.19. The number of carboxylic acids is 2. The molecule has 0 radical (unpaired) electrons. The average Bonchev–Trinajstić information content (AvgIpc) is 3.33. The summed E-state index contributed by atoms with van der Waals surface area (Å²) in [6.45, 7) is 30.0. The van der Waals surface area contributed by atoms with Crippen LogP contribution in [0, 0.1) is 0 Å². The summed E-state index contributed by atoms with van der Waals surface area (Å²) in [6.07, 6.45) is 57.9. The standard InChI is InChI=1S/2C28H60N.C5H8O4/c2*1-5-9-11-13-15-17-19-21-23-25-27-29(7-3,8-4)28-26-24-22-20-18-16-14-12-10-6-2;6-4(7)2-1-3-5(8)9/h2*5-28H2,1-4H3;1-3H2,(H,6,7)(H,8,9)/q2*+1;/p-2. The fourth-order valence-corrected chi connectivity index (χ4v) is 10.1. The third kappa shape index (κ3) is 54.0.